The van der Waals surface area contributed by atoms with Crippen LogP contribution >= 0.6 is 11.3 Å². The van der Waals surface area contributed by atoms with E-state index in [1.165, 1.54) is 17.4 Å². The number of anilines is 1. The largest absolute Gasteiger partial charge is 0.489 e. The number of halogens is 1. The van der Waals surface area contributed by atoms with Gasteiger partial charge in [-0.3, -0.25) is 0 Å². The fourth-order valence-electron chi connectivity index (χ4n) is 2.93. The predicted molar refractivity (Wildman–Crippen MR) is 122 cm³/mol. The molecule has 0 aliphatic carbocycles. The minimum Gasteiger partial charge on any atom is -0.489 e. The average Bonchev–Trinajstić information content (AvgIpc) is 3.17. The molecule has 7 nitrogen and oxygen atoms in total. The second-order valence-electron chi connectivity index (χ2n) is 7.91. The van der Waals surface area contributed by atoms with Crippen molar-refractivity contribution < 1.29 is 14.2 Å². The first-order valence-electron chi connectivity index (χ1n) is 10.1. The Morgan fingerprint density at radius 1 is 1.13 bits per heavy atom. The molecule has 1 aromatic carbocycles. The molecule has 0 fully saturated rings. The summed E-state index contributed by atoms with van der Waals surface area (Å²) >= 11 is 1.39. The van der Waals surface area contributed by atoms with Gasteiger partial charge in [-0.1, -0.05) is 11.3 Å². The van der Waals surface area contributed by atoms with Gasteiger partial charge in [0.15, 0.2) is 11.6 Å². The van der Waals surface area contributed by atoms with Crippen LogP contribution in [0.15, 0.2) is 24.3 Å². The summed E-state index contributed by atoms with van der Waals surface area (Å²) in [5.74, 6) is 0.357. The molecule has 3 aromatic rings. The lowest BCUT2D eigenvalue weighted by Crippen LogP contribution is -2.38. The number of aryl methyl sites for hydroxylation is 2. The number of nitrogens with zero attached hydrogens (tertiary/aromatic N) is 3. The molecule has 2 atom stereocenters. The molecule has 0 radical (unpaired) electrons. The number of pyridine rings is 1. The third-order valence-corrected chi connectivity index (χ3v) is 5.63. The zero-order chi connectivity index (χ0) is 22.7. The summed E-state index contributed by atoms with van der Waals surface area (Å²) in [5, 5.41) is 22.7. The highest BCUT2D eigenvalue weighted by Gasteiger charge is 2.17. The summed E-state index contributed by atoms with van der Waals surface area (Å²) in [5.41, 5.74) is 8.99. The van der Waals surface area contributed by atoms with E-state index in [2.05, 4.69) is 34.3 Å². The SMILES string of the molecule is Cc1cc(-c2nnc(-c3cc(F)c(OCC(N)C(C)O)cc3C)s2)cc(NC(C)C)n1. The summed E-state index contributed by atoms with van der Waals surface area (Å²) in [6.45, 7) is 9.48. The van der Waals surface area contributed by atoms with Gasteiger partial charge in [0.1, 0.15) is 22.4 Å². The highest BCUT2D eigenvalue weighted by atomic mass is 32.1. The average molecular weight is 446 g/mol. The van der Waals surface area contributed by atoms with Gasteiger partial charge in [-0.15, -0.1) is 10.2 Å². The Balaban J connectivity index is 1.86. The first-order valence-corrected chi connectivity index (χ1v) is 10.9. The van der Waals surface area contributed by atoms with Gasteiger partial charge in [-0.25, -0.2) is 9.37 Å². The van der Waals surface area contributed by atoms with Crippen molar-refractivity contribution in [1.82, 2.24) is 15.2 Å². The van der Waals surface area contributed by atoms with Crippen molar-refractivity contribution in [2.75, 3.05) is 11.9 Å². The Morgan fingerprint density at radius 2 is 1.84 bits per heavy atom. The normalized spacial score (nSPS) is 13.3. The topological polar surface area (TPSA) is 106 Å². The van der Waals surface area contributed by atoms with Crippen molar-refractivity contribution in [3.05, 3.63) is 41.3 Å². The van der Waals surface area contributed by atoms with Crippen LogP contribution in [0.1, 0.15) is 32.0 Å². The summed E-state index contributed by atoms with van der Waals surface area (Å²) in [6, 6.07) is 6.56. The summed E-state index contributed by atoms with van der Waals surface area (Å²) in [6.07, 6.45) is -0.740. The molecule has 2 aromatic heterocycles. The molecule has 0 aliphatic heterocycles. The molecule has 0 bridgehead atoms. The summed E-state index contributed by atoms with van der Waals surface area (Å²) in [4.78, 5) is 4.50. The monoisotopic (exact) mass is 445 g/mol. The van der Waals surface area contributed by atoms with E-state index >= 15 is 0 Å². The van der Waals surface area contributed by atoms with E-state index in [-0.39, 0.29) is 18.4 Å². The second-order valence-corrected chi connectivity index (χ2v) is 8.88. The number of aromatic nitrogens is 3. The predicted octanol–water partition coefficient (Wildman–Crippen LogP) is 3.93. The lowest BCUT2D eigenvalue weighted by atomic mass is 10.1. The van der Waals surface area contributed by atoms with E-state index < -0.39 is 18.0 Å². The lowest BCUT2D eigenvalue weighted by molar-refractivity contribution is 0.129. The quantitative estimate of drug-likeness (QED) is 0.482. The van der Waals surface area contributed by atoms with Gasteiger partial charge in [-0.05, 0) is 64.4 Å². The van der Waals surface area contributed by atoms with Crippen LogP contribution in [0.4, 0.5) is 10.2 Å². The van der Waals surface area contributed by atoms with E-state index in [4.69, 9.17) is 10.5 Å². The van der Waals surface area contributed by atoms with Crippen LogP contribution in [0, 0.1) is 19.7 Å². The molecular formula is C22H28FN5O2S. The van der Waals surface area contributed by atoms with E-state index in [1.807, 2.05) is 26.0 Å². The zero-order valence-corrected chi connectivity index (χ0v) is 19.1. The number of hydrogen-bond donors (Lipinski definition) is 3. The molecular weight excluding hydrogens is 417 g/mol. The maximum Gasteiger partial charge on any atom is 0.165 e. The Hall–Kier alpha value is -2.62. The Kier molecular flexibility index (Phi) is 7.19. The first-order chi connectivity index (χ1) is 14.6. The summed E-state index contributed by atoms with van der Waals surface area (Å²) in [7, 11) is 0. The van der Waals surface area contributed by atoms with Gasteiger partial charge < -0.3 is 20.9 Å². The Labute approximate surface area is 185 Å². The molecule has 0 amide bonds. The molecule has 2 heterocycles. The van der Waals surface area contributed by atoms with Crippen LogP contribution in [-0.2, 0) is 0 Å². The zero-order valence-electron chi connectivity index (χ0n) is 18.3. The number of nitrogens with one attached hydrogen (secondary N) is 1. The van der Waals surface area contributed by atoms with E-state index in [1.54, 1.807) is 13.0 Å². The van der Waals surface area contributed by atoms with Crippen LogP contribution in [0.3, 0.4) is 0 Å². The van der Waals surface area contributed by atoms with Crippen molar-refractivity contribution >= 4 is 17.2 Å². The standard InChI is InChI=1S/C22H28FN5O2S/c1-11(2)25-20-8-15(7-13(4)26-20)21-27-28-22(31-21)16-9-17(23)19(6-12(16)3)30-10-18(24)14(5)29/h6-9,11,14,18,29H,10,24H2,1-5H3,(H,25,26). The molecule has 31 heavy (non-hydrogen) atoms. The molecule has 0 saturated carbocycles. The van der Waals surface area contributed by atoms with Crippen molar-refractivity contribution in [2.24, 2.45) is 5.73 Å². The molecule has 4 N–H and O–H groups in total. The van der Waals surface area contributed by atoms with Crippen molar-refractivity contribution in [3.8, 4) is 26.9 Å². The molecule has 0 saturated heterocycles. The van der Waals surface area contributed by atoms with Crippen LogP contribution in [-0.4, -0.2) is 45.1 Å². The van der Waals surface area contributed by atoms with Gasteiger partial charge in [-0.2, -0.15) is 0 Å². The lowest BCUT2D eigenvalue weighted by Gasteiger charge is -2.16. The van der Waals surface area contributed by atoms with E-state index in [0.717, 1.165) is 27.6 Å². The Bertz CT molecular complexity index is 1050. The van der Waals surface area contributed by atoms with Gasteiger partial charge in [0.05, 0.1) is 12.1 Å². The van der Waals surface area contributed by atoms with Crippen LogP contribution in [0.2, 0.25) is 0 Å². The number of hydrogen-bond acceptors (Lipinski definition) is 8. The van der Waals surface area contributed by atoms with Gasteiger partial charge in [0, 0.05) is 22.9 Å². The number of aliphatic hydroxyl groups excluding tert-OH is 1. The molecule has 0 aliphatic rings. The number of benzene rings is 1. The van der Waals surface area contributed by atoms with Gasteiger partial charge in [0.25, 0.3) is 0 Å². The molecule has 166 valence electrons. The smallest absolute Gasteiger partial charge is 0.165 e. The second kappa shape index (κ2) is 9.67. The van der Waals surface area contributed by atoms with Crippen molar-refractivity contribution in [2.45, 2.75) is 52.8 Å². The van der Waals surface area contributed by atoms with Crippen molar-refractivity contribution in [3.63, 3.8) is 0 Å². The van der Waals surface area contributed by atoms with E-state index in [0.29, 0.717) is 10.6 Å². The molecule has 2 unspecified atom stereocenters. The highest BCUT2D eigenvalue weighted by molar-refractivity contribution is 7.17. The maximum absolute atomic E-state index is 14.6. The molecule has 0 spiro atoms. The number of nitrogens with two attached hydrogens (primary N) is 1. The van der Waals surface area contributed by atoms with Gasteiger partial charge >= 0.3 is 0 Å². The fraction of sp³-hybridized carbons (Fsp3) is 0.409. The number of ether oxygens (including phenoxy) is 1. The minimum atomic E-state index is -0.740. The van der Waals surface area contributed by atoms with Gasteiger partial charge in [0.2, 0.25) is 0 Å². The molecule has 9 heteroatoms. The van der Waals surface area contributed by atoms with E-state index in [9.17, 15) is 9.50 Å². The highest BCUT2D eigenvalue weighted by Crippen LogP contribution is 2.35. The first kappa shape index (κ1) is 23.1. The molecule has 3 rings (SSSR count). The Morgan fingerprint density at radius 3 is 2.52 bits per heavy atom. The third-order valence-electron chi connectivity index (χ3n) is 4.62. The third kappa shape index (κ3) is 5.75. The summed E-state index contributed by atoms with van der Waals surface area (Å²) < 4.78 is 20.1. The number of rotatable bonds is 8. The van der Waals surface area contributed by atoms with Crippen LogP contribution < -0.4 is 15.8 Å². The maximum atomic E-state index is 14.6. The fourth-order valence-corrected chi connectivity index (χ4v) is 3.84. The van der Waals surface area contributed by atoms with Crippen LogP contribution in [0.25, 0.3) is 21.1 Å². The minimum absolute atomic E-state index is 0.0183. The number of aliphatic hydroxyl groups is 1. The van der Waals surface area contributed by atoms with Crippen LogP contribution in [0.5, 0.6) is 5.75 Å². The van der Waals surface area contributed by atoms with Crippen molar-refractivity contribution in [1.29, 1.82) is 0 Å².